The third-order valence-corrected chi connectivity index (χ3v) is 2.80. The molecule has 1 heterocycles. The summed E-state index contributed by atoms with van der Waals surface area (Å²) in [6, 6.07) is 8.15. The molecule has 1 aromatic heterocycles. The lowest BCUT2D eigenvalue weighted by Gasteiger charge is -2.06. The number of aliphatic imine (C=N–C) groups is 1. The van der Waals surface area contributed by atoms with Crippen molar-refractivity contribution in [3.05, 3.63) is 47.8 Å². The smallest absolute Gasteiger partial charge is 0.193 e. The van der Waals surface area contributed by atoms with Crippen LogP contribution < -0.4 is 11.1 Å². The Balaban J connectivity index is 0.00000200. The largest absolute Gasteiger partial charge is 0.370 e. The maximum Gasteiger partial charge on any atom is 0.193 e. The summed E-state index contributed by atoms with van der Waals surface area (Å²) in [5.74, 6) is 0.414. The number of aromatic nitrogens is 2. The molecule has 6 heteroatoms. The topological polar surface area (TPSA) is 68.2 Å². The fraction of sp³-hybridized carbons (Fsp3) is 0.286. The van der Waals surface area contributed by atoms with Gasteiger partial charge in [0.05, 0.1) is 12.7 Å². The molecule has 0 saturated heterocycles. The number of hydrogen-bond donors (Lipinski definition) is 2. The molecular formula is C14H20IN5. The second kappa shape index (κ2) is 7.88. The first-order valence-corrected chi connectivity index (χ1v) is 6.31. The van der Waals surface area contributed by atoms with E-state index in [4.69, 9.17) is 5.73 Å². The molecule has 108 valence electrons. The van der Waals surface area contributed by atoms with E-state index in [2.05, 4.69) is 34.5 Å². The number of hydrogen-bond acceptors (Lipinski definition) is 2. The van der Waals surface area contributed by atoms with Crippen LogP contribution >= 0.6 is 24.0 Å². The van der Waals surface area contributed by atoms with E-state index in [9.17, 15) is 0 Å². The number of guanidine groups is 1. The number of halogens is 1. The number of nitrogens with zero attached hydrogens (tertiary/aromatic N) is 3. The van der Waals surface area contributed by atoms with Gasteiger partial charge in [-0.15, -0.1) is 24.0 Å². The van der Waals surface area contributed by atoms with Crippen LogP contribution in [0.5, 0.6) is 0 Å². The van der Waals surface area contributed by atoms with Crippen molar-refractivity contribution in [2.75, 3.05) is 5.32 Å². The van der Waals surface area contributed by atoms with Crippen LogP contribution in [0.25, 0.3) is 0 Å². The summed E-state index contributed by atoms with van der Waals surface area (Å²) in [5, 5.41) is 7.18. The van der Waals surface area contributed by atoms with Gasteiger partial charge in [-0.3, -0.25) is 4.68 Å². The maximum atomic E-state index is 5.86. The first-order chi connectivity index (χ1) is 9.17. The van der Waals surface area contributed by atoms with Crippen molar-refractivity contribution in [2.24, 2.45) is 17.8 Å². The Morgan fingerprint density at radius 1 is 1.40 bits per heavy atom. The van der Waals surface area contributed by atoms with Crippen LogP contribution in [0.4, 0.5) is 5.69 Å². The Kier molecular flexibility index (Phi) is 6.50. The Labute approximate surface area is 136 Å². The Morgan fingerprint density at radius 2 is 2.20 bits per heavy atom. The predicted molar refractivity (Wildman–Crippen MR) is 93.4 cm³/mol. The second-order valence-corrected chi connectivity index (χ2v) is 4.40. The van der Waals surface area contributed by atoms with Crippen LogP contribution in [-0.2, 0) is 20.0 Å². The molecule has 0 aliphatic carbocycles. The molecule has 5 nitrogen and oxygen atoms in total. The predicted octanol–water partition coefficient (Wildman–Crippen LogP) is 2.53. The zero-order chi connectivity index (χ0) is 13.7. The van der Waals surface area contributed by atoms with Crippen molar-refractivity contribution in [3.8, 4) is 0 Å². The molecule has 0 amide bonds. The average Bonchev–Trinajstić information content (AvgIpc) is 2.82. The Bertz CT molecular complexity index is 576. The fourth-order valence-corrected chi connectivity index (χ4v) is 1.79. The summed E-state index contributed by atoms with van der Waals surface area (Å²) in [5.41, 5.74) is 9.13. The van der Waals surface area contributed by atoms with E-state index in [-0.39, 0.29) is 24.0 Å². The molecule has 0 fully saturated rings. The van der Waals surface area contributed by atoms with Gasteiger partial charge in [0.25, 0.3) is 0 Å². The van der Waals surface area contributed by atoms with Gasteiger partial charge in [-0.05, 0) is 24.1 Å². The van der Waals surface area contributed by atoms with Gasteiger partial charge >= 0.3 is 0 Å². The van der Waals surface area contributed by atoms with Crippen molar-refractivity contribution in [2.45, 2.75) is 19.9 Å². The number of rotatable bonds is 4. The average molecular weight is 385 g/mol. The fourth-order valence-electron chi connectivity index (χ4n) is 1.79. The highest BCUT2D eigenvalue weighted by atomic mass is 127. The number of benzene rings is 1. The highest BCUT2D eigenvalue weighted by Gasteiger charge is 1.98. The number of nitrogens with two attached hydrogens (primary N) is 1. The van der Waals surface area contributed by atoms with E-state index in [1.807, 2.05) is 25.4 Å². The van der Waals surface area contributed by atoms with Gasteiger partial charge in [-0.1, -0.05) is 19.1 Å². The number of nitrogens with one attached hydrogen (secondary N) is 1. The molecule has 2 aromatic rings. The van der Waals surface area contributed by atoms with Gasteiger partial charge in [0.2, 0.25) is 0 Å². The number of aryl methyl sites for hydroxylation is 2. The molecule has 0 atom stereocenters. The highest BCUT2D eigenvalue weighted by molar-refractivity contribution is 14.0. The summed E-state index contributed by atoms with van der Waals surface area (Å²) in [6.07, 6.45) is 4.71. The summed E-state index contributed by atoms with van der Waals surface area (Å²) in [4.78, 5) is 4.29. The lowest BCUT2D eigenvalue weighted by Crippen LogP contribution is -2.22. The molecule has 0 radical (unpaired) electrons. The molecule has 0 saturated carbocycles. The van der Waals surface area contributed by atoms with Crippen LogP contribution in [0, 0.1) is 0 Å². The zero-order valence-corrected chi connectivity index (χ0v) is 14.0. The van der Waals surface area contributed by atoms with Crippen LogP contribution in [-0.4, -0.2) is 15.7 Å². The molecule has 20 heavy (non-hydrogen) atoms. The van der Waals surface area contributed by atoms with E-state index in [1.54, 1.807) is 10.9 Å². The minimum absolute atomic E-state index is 0. The zero-order valence-electron chi connectivity index (χ0n) is 11.7. The first-order valence-electron chi connectivity index (χ1n) is 6.31. The lowest BCUT2D eigenvalue weighted by atomic mass is 10.1. The molecule has 1 aromatic carbocycles. The normalized spacial score (nSPS) is 11.0. The Morgan fingerprint density at radius 3 is 2.85 bits per heavy atom. The molecule has 0 unspecified atom stereocenters. The monoisotopic (exact) mass is 385 g/mol. The van der Waals surface area contributed by atoms with Gasteiger partial charge in [0, 0.05) is 24.5 Å². The van der Waals surface area contributed by atoms with Crippen molar-refractivity contribution in [1.82, 2.24) is 9.78 Å². The van der Waals surface area contributed by atoms with E-state index >= 15 is 0 Å². The van der Waals surface area contributed by atoms with Gasteiger partial charge < -0.3 is 11.1 Å². The standard InChI is InChI=1S/C14H19N5.HI/c1-3-11-5-4-6-13(7-11)18-14(15)16-8-12-9-17-19(2)10-12;/h4-7,9-10H,3,8H2,1-2H3,(H3,15,16,18);1H. The van der Waals surface area contributed by atoms with Crippen molar-refractivity contribution >= 4 is 35.6 Å². The van der Waals surface area contributed by atoms with Crippen molar-refractivity contribution in [1.29, 1.82) is 0 Å². The van der Waals surface area contributed by atoms with Gasteiger partial charge in [-0.25, -0.2) is 4.99 Å². The summed E-state index contributed by atoms with van der Waals surface area (Å²) < 4.78 is 1.75. The van der Waals surface area contributed by atoms with E-state index in [0.29, 0.717) is 12.5 Å². The minimum Gasteiger partial charge on any atom is -0.370 e. The van der Waals surface area contributed by atoms with Crippen molar-refractivity contribution < 1.29 is 0 Å². The molecular weight excluding hydrogens is 365 g/mol. The van der Waals surface area contributed by atoms with Crippen LogP contribution in [0.1, 0.15) is 18.1 Å². The molecule has 0 bridgehead atoms. The third kappa shape index (κ3) is 4.84. The van der Waals surface area contributed by atoms with E-state index in [1.165, 1.54) is 5.56 Å². The van der Waals surface area contributed by atoms with Crippen LogP contribution in [0.3, 0.4) is 0 Å². The molecule has 0 aliphatic heterocycles. The molecule has 0 aliphatic rings. The molecule has 0 spiro atoms. The van der Waals surface area contributed by atoms with Gasteiger partial charge in [-0.2, -0.15) is 5.10 Å². The van der Waals surface area contributed by atoms with E-state index < -0.39 is 0 Å². The van der Waals surface area contributed by atoms with Crippen molar-refractivity contribution in [3.63, 3.8) is 0 Å². The summed E-state index contributed by atoms with van der Waals surface area (Å²) >= 11 is 0. The third-order valence-electron chi connectivity index (χ3n) is 2.80. The summed E-state index contributed by atoms with van der Waals surface area (Å²) in [6.45, 7) is 2.65. The molecule has 3 N–H and O–H groups in total. The van der Waals surface area contributed by atoms with Crippen LogP contribution in [0.15, 0.2) is 41.7 Å². The Hall–Kier alpha value is -1.57. The quantitative estimate of drug-likeness (QED) is 0.483. The highest BCUT2D eigenvalue weighted by Crippen LogP contribution is 2.10. The van der Waals surface area contributed by atoms with Crippen LogP contribution in [0.2, 0.25) is 0 Å². The summed E-state index contributed by atoms with van der Waals surface area (Å²) in [7, 11) is 1.88. The SMILES string of the molecule is CCc1cccc(NC(N)=NCc2cnn(C)c2)c1.I. The minimum atomic E-state index is 0. The number of anilines is 1. The lowest BCUT2D eigenvalue weighted by molar-refractivity contribution is 0.767. The van der Waals surface area contributed by atoms with Gasteiger partial charge in [0.15, 0.2) is 5.96 Å². The maximum absolute atomic E-state index is 5.86. The van der Waals surface area contributed by atoms with Gasteiger partial charge in [0.1, 0.15) is 0 Å². The second-order valence-electron chi connectivity index (χ2n) is 4.40. The van der Waals surface area contributed by atoms with E-state index in [0.717, 1.165) is 17.7 Å². The first kappa shape index (κ1) is 16.5. The molecule has 2 rings (SSSR count).